The first kappa shape index (κ1) is 21.1. The highest BCUT2D eigenvalue weighted by Gasteiger charge is 2.23. The molecule has 1 aromatic carbocycles. The number of nitrogens with zero attached hydrogens (tertiary/aromatic N) is 7. The zero-order valence-corrected chi connectivity index (χ0v) is 19.1. The maximum Gasteiger partial charge on any atom is 0.182 e. The van der Waals surface area contributed by atoms with Gasteiger partial charge in [-0.15, -0.1) is 10.2 Å². The van der Waals surface area contributed by atoms with Crippen LogP contribution in [0.15, 0.2) is 42.6 Å². The van der Waals surface area contributed by atoms with E-state index in [4.69, 9.17) is 16.7 Å². The Morgan fingerprint density at radius 3 is 2.44 bits per heavy atom. The lowest BCUT2D eigenvalue weighted by Crippen LogP contribution is -2.49. The van der Waals surface area contributed by atoms with Crippen LogP contribution >= 0.6 is 11.6 Å². The molecule has 0 aliphatic carbocycles. The van der Waals surface area contributed by atoms with Gasteiger partial charge in [0.25, 0.3) is 0 Å². The number of fused-ring (bicyclic) bond motifs is 1. The molecule has 8 nitrogen and oxygen atoms in total. The Labute approximate surface area is 192 Å². The highest BCUT2D eigenvalue weighted by Crippen LogP contribution is 2.36. The van der Waals surface area contributed by atoms with Crippen LogP contribution in [0.5, 0.6) is 0 Å². The molecule has 0 saturated carbocycles. The quantitative estimate of drug-likeness (QED) is 0.484. The second-order valence-corrected chi connectivity index (χ2v) is 8.82. The van der Waals surface area contributed by atoms with Crippen molar-refractivity contribution in [3.05, 3.63) is 47.6 Å². The predicted molar refractivity (Wildman–Crippen MR) is 126 cm³/mol. The Kier molecular flexibility index (Phi) is 5.91. The van der Waals surface area contributed by atoms with Gasteiger partial charge in [-0.1, -0.05) is 41.9 Å². The molecule has 1 aliphatic heterocycles. The summed E-state index contributed by atoms with van der Waals surface area (Å²) in [6.07, 6.45) is 1.68. The smallest absolute Gasteiger partial charge is 0.182 e. The van der Waals surface area contributed by atoms with Crippen LogP contribution in [-0.4, -0.2) is 78.7 Å². The van der Waals surface area contributed by atoms with E-state index in [0.717, 1.165) is 61.6 Å². The van der Waals surface area contributed by atoms with Crippen molar-refractivity contribution in [3.63, 3.8) is 0 Å². The number of hydrogen-bond acceptors (Lipinski definition) is 6. The molecule has 0 unspecified atom stereocenters. The minimum atomic E-state index is 0.537. The summed E-state index contributed by atoms with van der Waals surface area (Å²) in [6.45, 7) is 10.5. The predicted octanol–water partition coefficient (Wildman–Crippen LogP) is 3.56. The number of nitrogens with one attached hydrogen (secondary N) is 1. The van der Waals surface area contributed by atoms with E-state index in [2.05, 4.69) is 44.0 Å². The molecule has 9 heteroatoms. The number of benzene rings is 1. The molecular formula is C23H27ClN8. The molecule has 0 amide bonds. The van der Waals surface area contributed by atoms with Crippen molar-refractivity contribution in [1.29, 1.82) is 0 Å². The molecule has 1 fully saturated rings. The van der Waals surface area contributed by atoms with Gasteiger partial charge < -0.3 is 0 Å². The molecule has 166 valence electrons. The van der Waals surface area contributed by atoms with Gasteiger partial charge in [-0.2, -0.15) is 10.2 Å². The van der Waals surface area contributed by atoms with Crippen LogP contribution in [0.2, 0.25) is 5.02 Å². The monoisotopic (exact) mass is 450 g/mol. The molecule has 1 aliphatic rings. The van der Waals surface area contributed by atoms with Crippen LogP contribution in [0, 0.1) is 0 Å². The lowest BCUT2D eigenvalue weighted by atomic mass is 10.1. The summed E-state index contributed by atoms with van der Waals surface area (Å²) in [7, 11) is 0. The van der Waals surface area contributed by atoms with Crippen LogP contribution in [0.3, 0.4) is 0 Å². The van der Waals surface area contributed by atoms with Gasteiger partial charge in [0.05, 0.1) is 22.6 Å². The fourth-order valence-electron chi connectivity index (χ4n) is 4.27. The Morgan fingerprint density at radius 2 is 1.75 bits per heavy atom. The second-order valence-electron chi connectivity index (χ2n) is 8.44. The van der Waals surface area contributed by atoms with Crippen molar-refractivity contribution < 1.29 is 0 Å². The fourth-order valence-corrected chi connectivity index (χ4v) is 4.58. The van der Waals surface area contributed by atoms with Gasteiger partial charge in [-0.3, -0.25) is 14.9 Å². The SMILES string of the molecule is CC(C)N1CCN(CCn2nc(-c3ccccc3)c3c(Cl)c(-c4ccn[nH]4)nnc32)CC1. The maximum atomic E-state index is 6.88. The van der Waals surface area contributed by atoms with Crippen molar-refractivity contribution in [1.82, 2.24) is 40.0 Å². The van der Waals surface area contributed by atoms with Gasteiger partial charge in [0.15, 0.2) is 5.65 Å². The molecule has 32 heavy (non-hydrogen) atoms. The number of piperazine rings is 1. The largest absolute Gasteiger partial charge is 0.299 e. The van der Waals surface area contributed by atoms with E-state index in [1.54, 1.807) is 6.20 Å². The van der Waals surface area contributed by atoms with E-state index in [1.807, 2.05) is 41.1 Å². The third-order valence-corrected chi connectivity index (χ3v) is 6.53. The van der Waals surface area contributed by atoms with Crippen molar-refractivity contribution >= 4 is 22.6 Å². The molecule has 1 N–H and O–H groups in total. The van der Waals surface area contributed by atoms with Gasteiger partial charge in [-0.05, 0) is 19.9 Å². The molecule has 0 radical (unpaired) electrons. The summed E-state index contributed by atoms with van der Waals surface area (Å²) < 4.78 is 1.95. The maximum absolute atomic E-state index is 6.88. The lowest BCUT2D eigenvalue weighted by molar-refractivity contribution is 0.105. The number of halogens is 1. The van der Waals surface area contributed by atoms with Crippen LogP contribution in [-0.2, 0) is 6.54 Å². The Hall–Kier alpha value is -2.81. The van der Waals surface area contributed by atoms with Crippen molar-refractivity contribution in [2.24, 2.45) is 0 Å². The van der Waals surface area contributed by atoms with Crippen LogP contribution < -0.4 is 0 Å². The zero-order valence-electron chi connectivity index (χ0n) is 18.4. The van der Waals surface area contributed by atoms with Gasteiger partial charge in [0, 0.05) is 50.5 Å². The standard InChI is InChI=1S/C23H27ClN8/c1-16(2)31-13-10-30(11-14-31)12-15-32-23-19(21(29-32)17-6-4-3-5-7-17)20(24)22(27-28-23)18-8-9-25-26-18/h3-9,16H,10-15H2,1-2H3,(H,25,26). The highest BCUT2D eigenvalue weighted by molar-refractivity contribution is 6.38. The number of H-pyrrole nitrogens is 1. The van der Waals surface area contributed by atoms with Gasteiger partial charge in [0.2, 0.25) is 0 Å². The Balaban J connectivity index is 1.48. The molecule has 0 spiro atoms. The molecular weight excluding hydrogens is 424 g/mol. The van der Waals surface area contributed by atoms with Crippen molar-refractivity contribution in [3.8, 4) is 22.6 Å². The van der Waals surface area contributed by atoms with E-state index in [0.29, 0.717) is 22.4 Å². The third-order valence-electron chi connectivity index (χ3n) is 6.17. The fraction of sp³-hybridized carbons (Fsp3) is 0.391. The van der Waals surface area contributed by atoms with Crippen molar-refractivity contribution in [2.75, 3.05) is 32.7 Å². The molecule has 5 rings (SSSR count). The number of aromatic nitrogens is 6. The first-order valence-electron chi connectivity index (χ1n) is 11.1. The minimum absolute atomic E-state index is 0.537. The number of hydrogen-bond donors (Lipinski definition) is 1. The first-order chi connectivity index (χ1) is 15.6. The minimum Gasteiger partial charge on any atom is -0.299 e. The number of aromatic amines is 1. The topological polar surface area (TPSA) is 78.8 Å². The Morgan fingerprint density at radius 1 is 0.969 bits per heavy atom. The van der Waals surface area contributed by atoms with E-state index in [1.165, 1.54) is 0 Å². The molecule has 0 atom stereocenters. The highest BCUT2D eigenvalue weighted by atomic mass is 35.5. The summed E-state index contributed by atoms with van der Waals surface area (Å²) in [6, 6.07) is 12.5. The summed E-state index contributed by atoms with van der Waals surface area (Å²) in [5.74, 6) is 0. The summed E-state index contributed by atoms with van der Waals surface area (Å²) in [5, 5.41) is 22.2. The Bertz CT molecular complexity index is 1180. The number of rotatable bonds is 6. The molecule has 4 heterocycles. The van der Waals surface area contributed by atoms with Gasteiger partial charge >= 0.3 is 0 Å². The van der Waals surface area contributed by atoms with E-state index >= 15 is 0 Å². The van der Waals surface area contributed by atoms with Crippen LogP contribution in [0.25, 0.3) is 33.7 Å². The first-order valence-corrected chi connectivity index (χ1v) is 11.4. The summed E-state index contributed by atoms with van der Waals surface area (Å²) in [4.78, 5) is 5.01. The second kappa shape index (κ2) is 8.97. The van der Waals surface area contributed by atoms with Gasteiger partial charge in [-0.25, -0.2) is 4.68 Å². The molecule has 0 bridgehead atoms. The normalized spacial score (nSPS) is 15.8. The van der Waals surface area contributed by atoms with Crippen molar-refractivity contribution in [2.45, 2.75) is 26.4 Å². The molecule has 3 aromatic heterocycles. The average Bonchev–Trinajstić information content (AvgIpc) is 3.47. The zero-order chi connectivity index (χ0) is 22.1. The van der Waals surface area contributed by atoms with E-state index < -0.39 is 0 Å². The average molecular weight is 451 g/mol. The molecule has 4 aromatic rings. The summed E-state index contributed by atoms with van der Waals surface area (Å²) in [5.41, 5.74) is 3.86. The van der Waals surface area contributed by atoms with Gasteiger partial charge in [0.1, 0.15) is 11.4 Å². The third kappa shape index (κ3) is 4.01. The van der Waals surface area contributed by atoms with Crippen LogP contribution in [0.4, 0.5) is 0 Å². The van der Waals surface area contributed by atoms with E-state index in [9.17, 15) is 0 Å². The van der Waals surface area contributed by atoms with E-state index in [-0.39, 0.29) is 0 Å². The lowest BCUT2D eigenvalue weighted by Gasteiger charge is -2.36. The summed E-state index contributed by atoms with van der Waals surface area (Å²) >= 11 is 6.88. The molecule has 1 saturated heterocycles. The van der Waals surface area contributed by atoms with Crippen LogP contribution in [0.1, 0.15) is 13.8 Å².